The van der Waals surface area contributed by atoms with Gasteiger partial charge in [-0.15, -0.1) is 0 Å². The van der Waals surface area contributed by atoms with Crippen molar-refractivity contribution in [3.63, 3.8) is 0 Å². The topological polar surface area (TPSA) is 56.2 Å². The standard InChI is InChI=1S/C13H33N2O3P/c1-10(2)14(11(3)4)19(16,17,18-9)15(12(5)6)13(7)8/h10-13,16-17H,1-9H3. The Labute approximate surface area is 118 Å². The van der Waals surface area contributed by atoms with Crippen molar-refractivity contribution in [2.24, 2.45) is 0 Å². The molecule has 0 fully saturated rings. The molecule has 118 valence electrons. The van der Waals surface area contributed by atoms with Crippen LogP contribution in [0.3, 0.4) is 0 Å². The fourth-order valence-corrected chi connectivity index (χ4v) is 6.97. The van der Waals surface area contributed by atoms with E-state index in [0.717, 1.165) is 0 Å². The van der Waals surface area contributed by atoms with Gasteiger partial charge in [-0.25, -0.2) is 0 Å². The van der Waals surface area contributed by atoms with Gasteiger partial charge in [0.15, 0.2) is 0 Å². The molecule has 0 atom stereocenters. The van der Waals surface area contributed by atoms with Crippen LogP contribution < -0.4 is 0 Å². The van der Waals surface area contributed by atoms with Gasteiger partial charge in [-0.2, -0.15) is 0 Å². The van der Waals surface area contributed by atoms with Crippen LogP contribution in [0.15, 0.2) is 0 Å². The zero-order valence-electron chi connectivity index (χ0n) is 14.0. The van der Waals surface area contributed by atoms with Crippen LogP contribution in [0.4, 0.5) is 0 Å². The second kappa shape index (κ2) is 6.33. The van der Waals surface area contributed by atoms with Gasteiger partial charge in [-0.3, -0.25) is 0 Å². The summed E-state index contributed by atoms with van der Waals surface area (Å²) < 4.78 is 8.79. The Hall–Kier alpha value is 0.230. The van der Waals surface area contributed by atoms with Crippen LogP contribution in [0.5, 0.6) is 0 Å². The van der Waals surface area contributed by atoms with E-state index in [1.807, 2.05) is 55.4 Å². The fourth-order valence-electron chi connectivity index (χ4n) is 3.12. The second-order valence-electron chi connectivity index (χ2n) is 6.18. The Bertz CT molecular complexity index is 254. The molecule has 0 aliphatic carbocycles. The quantitative estimate of drug-likeness (QED) is 0.707. The molecule has 0 radical (unpaired) electrons. The summed E-state index contributed by atoms with van der Waals surface area (Å²) in [7, 11) is -3.18. The van der Waals surface area contributed by atoms with Crippen LogP contribution in [-0.4, -0.2) is 50.4 Å². The minimum absolute atomic E-state index is 0.0346. The third-order valence-electron chi connectivity index (χ3n) is 3.25. The summed E-state index contributed by atoms with van der Waals surface area (Å²) >= 11 is 0. The van der Waals surface area contributed by atoms with Crippen LogP contribution in [0.1, 0.15) is 55.4 Å². The first-order chi connectivity index (χ1) is 8.39. The maximum atomic E-state index is 11.2. The van der Waals surface area contributed by atoms with E-state index in [0.29, 0.717) is 0 Å². The maximum absolute atomic E-state index is 11.2. The average molecular weight is 296 g/mol. The molecule has 0 heterocycles. The second-order valence-corrected chi connectivity index (χ2v) is 9.20. The van der Waals surface area contributed by atoms with Crippen molar-refractivity contribution in [1.82, 2.24) is 9.34 Å². The van der Waals surface area contributed by atoms with Crippen LogP contribution in [0.25, 0.3) is 0 Å². The first-order valence-electron chi connectivity index (χ1n) is 7.04. The molecule has 19 heavy (non-hydrogen) atoms. The zero-order valence-corrected chi connectivity index (χ0v) is 14.8. The molecule has 0 spiro atoms. The molecule has 0 rings (SSSR count). The number of rotatable bonds is 7. The van der Waals surface area contributed by atoms with Gasteiger partial charge in [0.25, 0.3) is 0 Å². The van der Waals surface area contributed by atoms with Crippen LogP contribution in [0, 0.1) is 0 Å². The van der Waals surface area contributed by atoms with E-state index >= 15 is 0 Å². The molecule has 0 saturated carbocycles. The Balaban J connectivity index is 5.98. The molecule has 5 nitrogen and oxygen atoms in total. The Kier molecular flexibility index (Phi) is 6.41. The zero-order chi connectivity index (χ0) is 15.6. The predicted octanol–water partition coefficient (Wildman–Crippen LogP) is 2.98. The van der Waals surface area contributed by atoms with E-state index in [1.54, 1.807) is 9.34 Å². The molecule has 0 aromatic heterocycles. The van der Waals surface area contributed by atoms with Gasteiger partial charge >= 0.3 is 118 Å². The minimum atomic E-state index is -4.56. The van der Waals surface area contributed by atoms with E-state index in [-0.39, 0.29) is 24.2 Å². The van der Waals surface area contributed by atoms with E-state index in [4.69, 9.17) is 4.52 Å². The Morgan fingerprint density at radius 2 is 0.895 bits per heavy atom. The third-order valence-corrected chi connectivity index (χ3v) is 7.37. The molecular formula is C13H33N2O3P. The van der Waals surface area contributed by atoms with Gasteiger partial charge in [0.05, 0.1) is 0 Å². The molecule has 0 unspecified atom stereocenters. The molecule has 0 aromatic rings. The van der Waals surface area contributed by atoms with E-state index < -0.39 is 7.59 Å². The monoisotopic (exact) mass is 296 g/mol. The Morgan fingerprint density at radius 3 is 1.00 bits per heavy atom. The van der Waals surface area contributed by atoms with Gasteiger partial charge in [0, 0.05) is 0 Å². The summed E-state index contributed by atoms with van der Waals surface area (Å²) in [5, 5.41) is 0. The van der Waals surface area contributed by atoms with Crippen molar-refractivity contribution in [2.45, 2.75) is 79.6 Å². The van der Waals surface area contributed by atoms with Gasteiger partial charge in [0.2, 0.25) is 0 Å². The van der Waals surface area contributed by atoms with Crippen LogP contribution in [0.2, 0.25) is 0 Å². The molecular weight excluding hydrogens is 263 g/mol. The molecule has 0 saturated heterocycles. The summed E-state index contributed by atoms with van der Waals surface area (Å²) in [5.41, 5.74) is 0. The van der Waals surface area contributed by atoms with Crippen molar-refractivity contribution >= 4 is 7.59 Å². The molecule has 0 amide bonds. The van der Waals surface area contributed by atoms with Crippen LogP contribution in [-0.2, 0) is 4.52 Å². The number of hydrogen-bond donors (Lipinski definition) is 2. The number of nitrogens with zero attached hydrogens (tertiary/aromatic N) is 2. The van der Waals surface area contributed by atoms with E-state index in [2.05, 4.69) is 0 Å². The fraction of sp³-hybridized carbons (Fsp3) is 1.00. The summed E-state index contributed by atoms with van der Waals surface area (Å²) in [5.74, 6) is 0. The van der Waals surface area contributed by atoms with Gasteiger partial charge in [-0.1, -0.05) is 0 Å². The third kappa shape index (κ3) is 3.66. The van der Waals surface area contributed by atoms with Crippen molar-refractivity contribution < 1.29 is 14.3 Å². The van der Waals surface area contributed by atoms with Crippen LogP contribution >= 0.6 is 7.59 Å². The summed E-state index contributed by atoms with van der Waals surface area (Å²) in [6.07, 6.45) is 0. The first kappa shape index (κ1) is 19.2. The van der Waals surface area contributed by atoms with Crippen molar-refractivity contribution in [3.8, 4) is 0 Å². The summed E-state index contributed by atoms with van der Waals surface area (Å²) in [6.45, 7) is 15.6. The SMILES string of the molecule is COP(O)(O)(N(C(C)C)C(C)C)N(C(C)C)C(C)C. The van der Waals surface area contributed by atoms with E-state index in [1.165, 1.54) is 7.11 Å². The molecule has 0 aliphatic heterocycles. The van der Waals surface area contributed by atoms with Crippen molar-refractivity contribution in [2.75, 3.05) is 7.11 Å². The predicted molar refractivity (Wildman–Crippen MR) is 82.6 cm³/mol. The molecule has 2 N–H and O–H groups in total. The van der Waals surface area contributed by atoms with Gasteiger partial charge < -0.3 is 0 Å². The van der Waals surface area contributed by atoms with E-state index in [9.17, 15) is 9.79 Å². The van der Waals surface area contributed by atoms with Crippen molar-refractivity contribution in [1.29, 1.82) is 0 Å². The molecule has 0 aliphatic rings. The Morgan fingerprint density at radius 1 is 0.684 bits per heavy atom. The molecule has 0 bridgehead atoms. The average Bonchev–Trinajstić information content (AvgIpc) is 2.13. The van der Waals surface area contributed by atoms with Gasteiger partial charge in [-0.05, 0) is 0 Å². The molecule has 0 aromatic carbocycles. The normalized spacial score (nSPS) is 16.2. The first-order valence-corrected chi connectivity index (χ1v) is 9.01. The van der Waals surface area contributed by atoms with Crippen molar-refractivity contribution in [3.05, 3.63) is 0 Å². The number of hydrogen-bond acceptors (Lipinski definition) is 5. The summed E-state index contributed by atoms with van der Waals surface area (Å²) in [4.78, 5) is 22.4. The van der Waals surface area contributed by atoms with Gasteiger partial charge in [0.1, 0.15) is 0 Å². The summed E-state index contributed by atoms with van der Waals surface area (Å²) in [6, 6.07) is -0.138. The molecule has 6 heteroatoms.